The molecule has 0 aliphatic heterocycles. The number of nitrogens with zero attached hydrogens (tertiary/aromatic N) is 1. The fraction of sp³-hybridized carbons (Fsp3) is 0.125. The molecule has 0 aliphatic carbocycles. The SMILES string of the molecule is Cc1cccc(C(=O)O)c1.O=NO.[H-].[H-].[Na+].[Na+]. The second-order valence-electron chi connectivity index (χ2n) is 2.26. The van der Waals surface area contributed by atoms with E-state index >= 15 is 0 Å². The van der Waals surface area contributed by atoms with Crippen molar-refractivity contribution in [3.05, 3.63) is 40.3 Å². The van der Waals surface area contributed by atoms with Gasteiger partial charge >= 0.3 is 65.1 Å². The zero-order valence-electron chi connectivity index (χ0n) is 11.0. The van der Waals surface area contributed by atoms with Crippen LogP contribution in [0.4, 0.5) is 0 Å². The van der Waals surface area contributed by atoms with Crippen LogP contribution in [0.15, 0.2) is 29.6 Å². The Kier molecular flexibility index (Phi) is 16.6. The Hall–Kier alpha value is 0.0900. The third-order valence-electron chi connectivity index (χ3n) is 1.27. The number of hydrogen-bond acceptors (Lipinski definition) is 3. The van der Waals surface area contributed by atoms with Gasteiger partial charge in [-0.15, -0.1) is 4.91 Å². The molecule has 1 aromatic rings. The van der Waals surface area contributed by atoms with E-state index in [1.165, 1.54) is 5.34 Å². The summed E-state index contributed by atoms with van der Waals surface area (Å²) in [4.78, 5) is 18.5. The van der Waals surface area contributed by atoms with E-state index in [4.69, 9.17) is 15.2 Å². The summed E-state index contributed by atoms with van der Waals surface area (Å²) in [6, 6.07) is 6.82. The topological polar surface area (TPSA) is 87.0 Å². The molecule has 0 heterocycles. The molecule has 5 nitrogen and oxygen atoms in total. The third-order valence-corrected chi connectivity index (χ3v) is 1.27. The predicted octanol–water partition coefficient (Wildman–Crippen LogP) is -3.93. The second-order valence-corrected chi connectivity index (χ2v) is 2.26. The number of aromatic carboxylic acids is 1. The molecule has 15 heavy (non-hydrogen) atoms. The van der Waals surface area contributed by atoms with Gasteiger partial charge in [0.05, 0.1) is 5.56 Å². The number of hydrogen-bond donors (Lipinski definition) is 2. The fourth-order valence-corrected chi connectivity index (χ4v) is 0.778. The first-order chi connectivity index (χ1) is 6.11. The number of carboxylic acids is 1. The van der Waals surface area contributed by atoms with Crippen molar-refractivity contribution in [3.8, 4) is 0 Å². The Morgan fingerprint density at radius 1 is 1.40 bits per heavy atom. The molecule has 0 atom stereocenters. The van der Waals surface area contributed by atoms with Crippen molar-refractivity contribution in [2.75, 3.05) is 0 Å². The van der Waals surface area contributed by atoms with Gasteiger partial charge in [0.1, 0.15) is 0 Å². The van der Waals surface area contributed by atoms with E-state index < -0.39 is 5.97 Å². The van der Waals surface area contributed by atoms with Gasteiger partial charge in [0.15, 0.2) is 5.34 Å². The molecule has 0 radical (unpaired) electrons. The maximum Gasteiger partial charge on any atom is 1.00 e. The summed E-state index contributed by atoms with van der Waals surface area (Å²) in [6.07, 6.45) is 0. The molecule has 0 spiro atoms. The summed E-state index contributed by atoms with van der Waals surface area (Å²) in [5.74, 6) is -0.872. The first-order valence-electron chi connectivity index (χ1n) is 3.38. The van der Waals surface area contributed by atoms with Crippen LogP contribution in [0.5, 0.6) is 0 Å². The molecule has 1 aromatic carbocycles. The zero-order chi connectivity index (χ0) is 10.3. The molecule has 0 saturated heterocycles. The van der Waals surface area contributed by atoms with Crippen molar-refractivity contribution in [1.82, 2.24) is 0 Å². The van der Waals surface area contributed by atoms with Crippen LogP contribution in [0.3, 0.4) is 0 Å². The summed E-state index contributed by atoms with van der Waals surface area (Å²) >= 11 is 0. The predicted molar refractivity (Wildman–Crippen MR) is 47.9 cm³/mol. The minimum Gasteiger partial charge on any atom is -1.00 e. The van der Waals surface area contributed by atoms with Crippen LogP contribution in [-0.4, -0.2) is 16.3 Å². The largest absolute Gasteiger partial charge is 1.00 e. The fourth-order valence-electron chi connectivity index (χ4n) is 0.778. The summed E-state index contributed by atoms with van der Waals surface area (Å²) in [6.45, 7) is 1.87. The van der Waals surface area contributed by atoms with Crippen molar-refractivity contribution in [3.63, 3.8) is 0 Å². The molecule has 7 heteroatoms. The maximum atomic E-state index is 10.4. The standard InChI is InChI=1S/C8H8O2.HNO2.2Na.2H/c1-6-3-2-4-7(5-6)8(9)10;2-1-3;;;;/h2-5H,1H3,(H,9,10);(H,2,3);;;;/q;;2*+1;2*-1. The summed E-state index contributed by atoms with van der Waals surface area (Å²) in [7, 11) is 0. The van der Waals surface area contributed by atoms with Crippen molar-refractivity contribution < 1.29 is 77.1 Å². The Bertz CT molecular complexity index is 315. The molecule has 0 saturated carbocycles. The van der Waals surface area contributed by atoms with Crippen LogP contribution < -0.4 is 59.1 Å². The van der Waals surface area contributed by atoms with E-state index in [9.17, 15) is 4.79 Å². The number of carboxylic acid groups (broad SMARTS) is 1. The number of rotatable bonds is 1. The second kappa shape index (κ2) is 12.2. The molecule has 0 aromatic heterocycles. The smallest absolute Gasteiger partial charge is 1.00 e. The van der Waals surface area contributed by atoms with Gasteiger partial charge in [0.2, 0.25) is 0 Å². The Morgan fingerprint density at radius 3 is 2.13 bits per heavy atom. The van der Waals surface area contributed by atoms with E-state index in [2.05, 4.69) is 0 Å². The van der Waals surface area contributed by atoms with Crippen LogP contribution in [0, 0.1) is 11.8 Å². The van der Waals surface area contributed by atoms with Crippen molar-refractivity contribution in [1.29, 1.82) is 0 Å². The Morgan fingerprint density at radius 2 is 1.87 bits per heavy atom. The molecule has 0 unspecified atom stereocenters. The monoisotopic (exact) mass is 231 g/mol. The van der Waals surface area contributed by atoms with E-state index in [1.807, 2.05) is 13.0 Å². The van der Waals surface area contributed by atoms with Gasteiger partial charge in [0, 0.05) is 0 Å². The number of benzene rings is 1. The van der Waals surface area contributed by atoms with Crippen LogP contribution in [0.25, 0.3) is 0 Å². The van der Waals surface area contributed by atoms with Gasteiger partial charge in [0.25, 0.3) is 0 Å². The summed E-state index contributed by atoms with van der Waals surface area (Å²) in [5, 5.41) is 16.4. The molecule has 74 valence electrons. The van der Waals surface area contributed by atoms with Crippen molar-refractivity contribution >= 4 is 5.97 Å². The normalized spacial score (nSPS) is 7.00. The van der Waals surface area contributed by atoms with Gasteiger partial charge in [-0.2, -0.15) is 0 Å². The number of aryl methyl sites for hydroxylation is 1. The number of carbonyl (C=O) groups is 1. The van der Waals surface area contributed by atoms with Gasteiger partial charge in [-0.3, -0.25) is 0 Å². The van der Waals surface area contributed by atoms with Gasteiger partial charge in [-0.05, 0) is 19.1 Å². The molecule has 2 N–H and O–H groups in total. The zero-order valence-corrected chi connectivity index (χ0v) is 13.0. The average molecular weight is 231 g/mol. The van der Waals surface area contributed by atoms with E-state index in [1.54, 1.807) is 18.2 Å². The van der Waals surface area contributed by atoms with E-state index in [-0.39, 0.29) is 62.0 Å². The molecule has 0 fully saturated rings. The average Bonchev–Trinajstić information content (AvgIpc) is 2.05. The molecular formula is C8H11NNa2O4. The molecule has 0 amide bonds. The van der Waals surface area contributed by atoms with E-state index in [0.717, 1.165) is 5.56 Å². The minimum atomic E-state index is -0.872. The first kappa shape index (κ1) is 20.5. The van der Waals surface area contributed by atoms with Gasteiger partial charge in [-0.25, -0.2) is 4.79 Å². The first-order valence-corrected chi connectivity index (χ1v) is 3.38. The van der Waals surface area contributed by atoms with Gasteiger partial charge in [-0.1, -0.05) is 17.7 Å². The Labute approximate surface area is 134 Å². The molecular weight excluding hydrogens is 220 g/mol. The van der Waals surface area contributed by atoms with Crippen LogP contribution in [-0.2, 0) is 0 Å². The molecule has 1 rings (SSSR count). The van der Waals surface area contributed by atoms with Crippen LogP contribution in [0.2, 0.25) is 0 Å². The minimum absolute atomic E-state index is 0. The maximum absolute atomic E-state index is 10.4. The van der Waals surface area contributed by atoms with Crippen LogP contribution >= 0.6 is 0 Å². The third kappa shape index (κ3) is 10.4. The van der Waals surface area contributed by atoms with E-state index in [0.29, 0.717) is 5.56 Å². The molecule has 0 aliphatic rings. The Balaban J connectivity index is -0.0000000629. The quantitative estimate of drug-likeness (QED) is 0.293. The summed E-state index contributed by atoms with van der Waals surface area (Å²) < 4.78 is 0. The summed E-state index contributed by atoms with van der Waals surface area (Å²) in [5.41, 5.74) is 1.32. The van der Waals surface area contributed by atoms with Gasteiger partial charge < -0.3 is 13.2 Å². The molecule has 0 bridgehead atoms. The van der Waals surface area contributed by atoms with Crippen LogP contribution in [0.1, 0.15) is 18.8 Å². The van der Waals surface area contributed by atoms with Crippen molar-refractivity contribution in [2.24, 2.45) is 5.34 Å². The van der Waals surface area contributed by atoms with Crippen molar-refractivity contribution in [2.45, 2.75) is 6.92 Å².